The van der Waals surface area contributed by atoms with Crippen molar-refractivity contribution in [2.24, 2.45) is 0 Å². The molecule has 3 nitrogen and oxygen atoms in total. The number of benzene rings is 2. The van der Waals surface area contributed by atoms with Crippen molar-refractivity contribution in [2.45, 2.75) is 6.42 Å². The fourth-order valence-electron chi connectivity index (χ4n) is 1.82. The van der Waals surface area contributed by atoms with Crippen LogP contribution < -0.4 is 10.5 Å². The van der Waals surface area contributed by atoms with Gasteiger partial charge in [-0.05, 0) is 45.8 Å². The Morgan fingerprint density at radius 2 is 2.05 bits per heavy atom. The average Bonchev–Trinajstić information content (AvgIpc) is 2.39. The summed E-state index contributed by atoms with van der Waals surface area (Å²) in [7, 11) is 1.61. The van der Waals surface area contributed by atoms with Crippen LogP contribution in [0.3, 0.4) is 0 Å². The molecule has 98 valence electrons. The van der Waals surface area contributed by atoms with Gasteiger partial charge in [0.15, 0.2) is 5.78 Å². The van der Waals surface area contributed by atoms with Gasteiger partial charge in [-0.3, -0.25) is 4.79 Å². The predicted molar refractivity (Wildman–Crippen MR) is 79.6 cm³/mol. The molecule has 0 saturated carbocycles. The summed E-state index contributed by atoms with van der Waals surface area (Å²) in [5, 5.41) is 0. The molecule has 4 heteroatoms. The van der Waals surface area contributed by atoms with Crippen molar-refractivity contribution in [1.29, 1.82) is 0 Å². The van der Waals surface area contributed by atoms with Gasteiger partial charge in [0.2, 0.25) is 0 Å². The molecule has 2 aromatic rings. The number of anilines is 1. The highest BCUT2D eigenvalue weighted by atomic mass is 79.9. The number of nitrogens with two attached hydrogens (primary N) is 1. The number of hydrogen-bond donors (Lipinski definition) is 1. The minimum absolute atomic E-state index is 0.0457. The largest absolute Gasteiger partial charge is 0.496 e. The summed E-state index contributed by atoms with van der Waals surface area (Å²) < 4.78 is 6.00. The third kappa shape index (κ3) is 3.35. The van der Waals surface area contributed by atoms with Crippen LogP contribution in [0, 0.1) is 0 Å². The molecule has 2 rings (SSSR count). The molecule has 0 aromatic heterocycles. The van der Waals surface area contributed by atoms with E-state index in [4.69, 9.17) is 10.5 Å². The standard InChI is InChI=1S/C15H14BrNO2/c1-19-15-6-5-10(7-13(15)16)8-14(18)11-3-2-4-12(17)9-11/h2-7,9H,8,17H2,1H3. The Hall–Kier alpha value is -1.81. The molecular weight excluding hydrogens is 306 g/mol. The minimum atomic E-state index is 0.0457. The lowest BCUT2D eigenvalue weighted by Crippen LogP contribution is -2.04. The molecule has 0 aliphatic heterocycles. The Bertz CT molecular complexity index is 611. The number of carbonyl (C=O) groups is 1. The highest BCUT2D eigenvalue weighted by Crippen LogP contribution is 2.26. The molecule has 2 N–H and O–H groups in total. The molecule has 0 bridgehead atoms. The lowest BCUT2D eigenvalue weighted by atomic mass is 10.0. The van der Waals surface area contributed by atoms with Gasteiger partial charge in [-0.1, -0.05) is 18.2 Å². The van der Waals surface area contributed by atoms with Gasteiger partial charge in [0.1, 0.15) is 5.75 Å². The molecule has 0 heterocycles. The molecule has 0 aliphatic rings. The van der Waals surface area contributed by atoms with Gasteiger partial charge in [-0.25, -0.2) is 0 Å². The average molecular weight is 320 g/mol. The van der Waals surface area contributed by atoms with Gasteiger partial charge in [-0.2, -0.15) is 0 Å². The Labute approximate surface area is 120 Å². The van der Waals surface area contributed by atoms with Gasteiger partial charge in [-0.15, -0.1) is 0 Å². The molecule has 0 unspecified atom stereocenters. The van der Waals surface area contributed by atoms with Gasteiger partial charge in [0.25, 0.3) is 0 Å². The zero-order valence-corrected chi connectivity index (χ0v) is 12.1. The zero-order chi connectivity index (χ0) is 13.8. The maximum absolute atomic E-state index is 12.1. The molecule has 2 aromatic carbocycles. The Morgan fingerprint density at radius 1 is 1.26 bits per heavy atom. The Morgan fingerprint density at radius 3 is 2.68 bits per heavy atom. The number of carbonyl (C=O) groups excluding carboxylic acids is 1. The first-order valence-electron chi connectivity index (χ1n) is 5.81. The maximum Gasteiger partial charge on any atom is 0.167 e. The summed E-state index contributed by atoms with van der Waals surface area (Å²) >= 11 is 3.41. The van der Waals surface area contributed by atoms with Crippen LogP contribution in [-0.4, -0.2) is 12.9 Å². The summed E-state index contributed by atoms with van der Waals surface area (Å²) in [5.41, 5.74) is 7.84. The Kier molecular flexibility index (Phi) is 4.22. The van der Waals surface area contributed by atoms with Crippen LogP contribution in [0.1, 0.15) is 15.9 Å². The molecule has 0 saturated heterocycles. The third-order valence-electron chi connectivity index (χ3n) is 2.79. The van der Waals surface area contributed by atoms with Crippen molar-refractivity contribution in [3.05, 3.63) is 58.1 Å². The molecule has 0 radical (unpaired) electrons. The highest BCUT2D eigenvalue weighted by Gasteiger charge is 2.09. The van der Waals surface area contributed by atoms with E-state index in [1.54, 1.807) is 31.4 Å². The zero-order valence-electron chi connectivity index (χ0n) is 10.5. The summed E-state index contributed by atoms with van der Waals surface area (Å²) in [4.78, 5) is 12.1. The number of ketones is 1. The number of hydrogen-bond acceptors (Lipinski definition) is 3. The topological polar surface area (TPSA) is 52.3 Å². The number of Topliss-reactive ketones (excluding diaryl/α,β-unsaturated/α-hetero) is 1. The van der Waals surface area contributed by atoms with Gasteiger partial charge >= 0.3 is 0 Å². The minimum Gasteiger partial charge on any atom is -0.496 e. The lowest BCUT2D eigenvalue weighted by molar-refractivity contribution is 0.0993. The summed E-state index contributed by atoms with van der Waals surface area (Å²) in [6.45, 7) is 0. The number of rotatable bonds is 4. The summed E-state index contributed by atoms with van der Waals surface area (Å²) in [6, 6.07) is 12.6. The van der Waals surface area contributed by atoms with E-state index in [0.717, 1.165) is 15.8 Å². The SMILES string of the molecule is COc1ccc(CC(=O)c2cccc(N)c2)cc1Br. The molecule has 0 aliphatic carbocycles. The van der Waals surface area contributed by atoms with Crippen LogP contribution in [0.2, 0.25) is 0 Å². The van der Waals surface area contributed by atoms with Crippen molar-refractivity contribution in [3.8, 4) is 5.75 Å². The van der Waals surface area contributed by atoms with E-state index in [2.05, 4.69) is 15.9 Å². The number of halogens is 1. The van der Waals surface area contributed by atoms with E-state index < -0.39 is 0 Å². The Balaban J connectivity index is 2.17. The van der Waals surface area contributed by atoms with Crippen molar-refractivity contribution in [2.75, 3.05) is 12.8 Å². The quantitative estimate of drug-likeness (QED) is 0.693. The number of nitrogen functional groups attached to an aromatic ring is 1. The van der Waals surface area contributed by atoms with Crippen LogP contribution in [0.25, 0.3) is 0 Å². The normalized spacial score (nSPS) is 10.2. The maximum atomic E-state index is 12.1. The van der Waals surface area contributed by atoms with E-state index in [1.165, 1.54) is 0 Å². The summed E-state index contributed by atoms with van der Waals surface area (Å²) in [6.07, 6.45) is 0.339. The van der Waals surface area contributed by atoms with Crippen LogP contribution in [-0.2, 0) is 6.42 Å². The van der Waals surface area contributed by atoms with E-state index in [0.29, 0.717) is 17.7 Å². The van der Waals surface area contributed by atoms with Crippen LogP contribution >= 0.6 is 15.9 Å². The second kappa shape index (κ2) is 5.89. The van der Waals surface area contributed by atoms with Crippen molar-refractivity contribution < 1.29 is 9.53 Å². The first kappa shape index (κ1) is 13.6. The third-order valence-corrected chi connectivity index (χ3v) is 3.41. The van der Waals surface area contributed by atoms with Gasteiger partial charge < -0.3 is 10.5 Å². The first-order valence-corrected chi connectivity index (χ1v) is 6.60. The van der Waals surface area contributed by atoms with Crippen LogP contribution in [0.4, 0.5) is 5.69 Å². The second-order valence-electron chi connectivity index (χ2n) is 4.19. The fraction of sp³-hybridized carbons (Fsp3) is 0.133. The lowest BCUT2D eigenvalue weighted by Gasteiger charge is -2.06. The molecule has 0 atom stereocenters. The molecule has 19 heavy (non-hydrogen) atoms. The van der Waals surface area contributed by atoms with Crippen molar-refractivity contribution >= 4 is 27.4 Å². The molecule has 0 spiro atoms. The predicted octanol–water partition coefficient (Wildman–Crippen LogP) is 3.47. The second-order valence-corrected chi connectivity index (χ2v) is 5.05. The fourth-order valence-corrected chi connectivity index (χ4v) is 2.41. The highest BCUT2D eigenvalue weighted by molar-refractivity contribution is 9.10. The van der Waals surface area contributed by atoms with Crippen molar-refractivity contribution in [3.63, 3.8) is 0 Å². The smallest absolute Gasteiger partial charge is 0.167 e. The van der Waals surface area contributed by atoms with E-state index >= 15 is 0 Å². The monoisotopic (exact) mass is 319 g/mol. The van der Waals surface area contributed by atoms with Crippen LogP contribution in [0.5, 0.6) is 5.75 Å². The molecule has 0 amide bonds. The molecular formula is C15H14BrNO2. The van der Waals surface area contributed by atoms with E-state index in [9.17, 15) is 4.79 Å². The summed E-state index contributed by atoms with van der Waals surface area (Å²) in [5.74, 6) is 0.796. The van der Waals surface area contributed by atoms with Gasteiger partial charge in [0.05, 0.1) is 11.6 Å². The first-order chi connectivity index (χ1) is 9.10. The van der Waals surface area contributed by atoms with E-state index in [1.807, 2.05) is 18.2 Å². The van der Waals surface area contributed by atoms with E-state index in [-0.39, 0.29) is 5.78 Å². The van der Waals surface area contributed by atoms with Gasteiger partial charge in [0, 0.05) is 17.7 Å². The number of ether oxygens (including phenoxy) is 1. The molecule has 0 fully saturated rings. The number of methoxy groups -OCH3 is 1. The van der Waals surface area contributed by atoms with Crippen molar-refractivity contribution in [1.82, 2.24) is 0 Å². The van der Waals surface area contributed by atoms with Crippen LogP contribution in [0.15, 0.2) is 46.9 Å².